The van der Waals surface area contributed by atoms with Crippen LogP contribution in [-0.2, 0) is 11.0 Å². The summed E-state index contributed by atoms with van der Waals surface area (Å²) in [5.41, 5.74) is -2.88. The molecule has 7 nitrogen and oxygen atoms in total. The Bertz CT molecular complexity index is 1340. The topological polar surface area (TPSA) is 81.5 Å². The molecule has 2 aromatic rings. The van der Waals surface area contributed by atoms with E-state index in [1.54, 1.807) is 29.2 Å². The van der Waals surface area contributed by atoms with Gasteiger partial charge in [-0.15, -0.1) is 0 Å². The van der Waals surface area contributed by atoms with Crippen LogP contribution < -0.4 is 19.9 Å². The zero-order chi connectivity index (χ0) is 28.2. The Morgan fingerprint density at radius 3 is 2.38 bits per heavy atom. The second-order valence-corrected chi connectivity index (χ2v) is 10.0. The van der Waals surface area contributed by atoms with Crippen LogP contribution in [0.15, 0.2) is 36.5 Å². The summed E-state index contributed by atoms with van der Waals surface area (Å²) in [4.78, 5) is 19.8. The van der Waals surface area contributed by atoms with Crippen LogP contribution in [0.5, 0.6) is 5.75 Å². The third kappa shape index (κ3) is 4.78. The second kappa shape index (κ2) is 9.63. The number of piperidine rings is 1. The van der Waals surface area contributed by atoms with Gasteiger partial charge in [0, 0.05) is 12.1 Å². The molecule has 0 radical (unpaired) electrons. The standard InChI is InChI=1S/C25H21F6N5O2S/c26-24(27,28)18-10-15(13-34-19(18)12-32)35-21(37)23(7-1-8-23)36(22(35)39)14-2-4-16(5-3-14)38-17-6-9-33-20(11-17)25(29,30)31/h2-5,10,13,17,20,33H,1,6-9,11H2. The molecule has 1 aromatic heterocycles. The van der Waals surface area contributed by atoms with Crippen LogP contribution in [0.3, 0.4) is 0 Å². The Balaban J connectivity index is 1.40. The van der Waals surface area contributed by atoms with Crippen LogP contribution in [0.2, 0.25) is 0 Å². The number of anilines is 2. The number of rotatable bonds is 4. The van der Waals surface area contributed by atoms with E-state index in [-0.39, 0.29) is 23.8 Å². The minimum absolute atomic E-state index is 0.0422. The van der Waals surface area contributed by atoms with Crippen LogP contribution in [0.1, 0.15) is 43.4 Å². The number of nitrogens with one attached hydrogen (secondary N) is 1. The zero-order valence-corrected chi connectivity index (χ0v) is 21.0. The van der Waals surface area contributed by atoms with Crippen molar-refractivity contribution in [1.29, 1.82) is 5.26 Å². The lowest BCUT2D eigenvalue weighted by Gasteiger charge is -2.43. The van der Waals surface area contributed by atoms with Crippen molar-refractivity contribution < 1.29 is 35.9 Å². The van der Waals surface area contributed by atoms with E-state index in [1.165, 1.54) is 6.07 Å². The Hall–Kier alpha value is -3.44. The molecule has 1 spiro atoms. The maximum atomic E-state index is 13.6. The molecular weight excluding hydrogens is 548 g/mol. The summed E-state index contributed by atoms with van der Waals surface area (Å²) in [6, 6.07) is 6.80. The summed E-state index contributed by atoms with van der Waals surface area (Å²) >= 11 is 5.57. The number of carbonyl (C=O) groups excluding carboxylic acids is 1. The minimum atomic E-state index is -4.86. The van der Waals surface area contributed by atoms with Crippen LogP contribution >= 0.6 is 12.2 Å². The largest absolute Gasteiger partial charge is 0.490 e. The minimum Gasteiger partial charge on any atom is -0.490 e. The van der Waals surface area contributed by atoms with Crippen LogP contribution in [0.4, 0.5) is 37.7 Å². The van der Waals surface area contributed by atoms with Crippen molar-refractivity contribution in [2.45, 2.75) is 62.1 Å². The third-order valence-corrected chi connectivity index (χ3v) is 7.65. The molecule has 2 unspecified atom stereocenters. The molecule has 1 aromatic carbocycles. The molecule has 1 N–H and O–H groups in total. The van der Waals surface area contributed by atoms with E-state index >= 15 is 0 Å². The summed E-state index contributed by atoms with van der Waals surface area (Å²) < 4.78 is 85.7. The van der Waals surface area contributed by atoms with E-state index in [4.69, 9.17) is 22.2 Å². The molecule has 1 aliphatic carbocycles. The number of aromatic nitrogens is 1. The fourth-order valence-electron chi connectivity index (χ4n) is 5.19. The van der Waals surface area contributed by atoms with Gasteiger partial charge in [0.15, 0.2) is 10.8 Å². The molecule has 206 valence electrons. The fraction of sp³-hybridized carbons (Fsp3) is 0.440. The lowest BCUT2D eigenvalue weighted by molar-refractivity contribution is -0.166. The first-order valence-electron chi connectivity index (χ1n) is 12.1. The third-order valence-electron chi connectivity index (χ3n) is 7.28. The van der Waals surface area contributed by atoms with Crippen LogP contribution in [0, 0.1) is 11.3 Å². The maximum Gasteiger partial charge on any atom is 0.419 e. The predicted molar refractivity (Wildman–Crippen MR) is 131 cm³/mol. The highest BCUT2D eigenvalue weighted by atomic mass is 32.1. The number of hydrogen-bond acceptors (Lipinski definition) is 6. The van der Waals surface area contributed by atoms with Crippen molar-refractivity contribution in [1.82, 2.24) is 10.3 Å². The summed E-state index contributed by atoms with van der Waals surface area (Å²) in [6.07, 6.45) is -7.15. The van der Waals surface area contributed by atoms with Gasteiger partial charge in [0.05, 0.1) is 17.4 Å². The lowest BCUT2D eigenvalue weighted by atomic mass is 9.75. The van der Waals surface area contributed by atoms with Gasteiger partial charge >= 0.3 is 12.4 Å². The van der Waals surface area contributed by atoms with Crippen molar-refractivity contribution in [3.05, 3.63) is 47.8 Å². The van der Waals surface area contributed by atoms with Gasteiger partial charge in [0.2, 0.25) is 0 Å². The van der Waals surface area contributed by atoms with Crippen molar-refractivity contribution in [2.24, 2.45) is 0 Å². The lowest BCUT2D eigenvalue weighted by Crippen LogP contribution is -2.55. The van der Waals surface area contributed by atoms with Crippen LogP contribution in [-0.4, -0.2) is 46.4 Å². The molecule has 3 fully saturated rings. The van der Waals surface area contributed by atoms with Gasteiger partial charge in [-0.1, -0.05) is 0 Å². The Kier molecular flexibility index (Phi) is 6.70. The van der Waals surface area contributed by atoms with E-state index in [2.05, 4.69) is 10.3 Å². The monoisotopic (exact) mass is 569 g/mol. The average molecular weight is 570 g/mol. The van der Waals surface area contributed by atoms with Gasteiger partial charge in [-0.25, -0.2) is 4.98 Å². The summed E-state index contributed by atoms with van der Waals surface area (Å²) in [5.74, 6) is -0.153. The SMILES string of the molecule is N#Cc1ncc(N2C(=O)C3(CCC3)N(c3ccc(OC4CCNC(C(F)(F)F)C4)cc3)C2=S)cc1C(F)(F)F. The van der Waals surface area contributed by atoms with E-state index < -0.39 is 47.2 Å². The number of amides is 1. The van der Waals surface area contributed by atoms with Crippen molar-refractivity contribution in [2.75, 3.05) is 16.3 Å². The maximum absolute atomic E-state index is 13.6. The molecule has 1 saturated carbocycles. The van der Waals surface area contributed by atoms with Gasteiger partial charge in [-0.2, -0.15) is 31.6 Å². The molecule has 3 aliphatic rings. The Morgan fingerprint density at radius 1 is 1.13 bits per heavy atom. The smallest absolute Gasteiger partial charge is 0.419 e. The number of nitrogens with zero attached hydrogens (tertiary/aromatic N) is 4. The van der Waals surface area contributed by atoms with Crippen LogP contribution in [0.25, 0.3) is 0 Å². The molecule has 1 amide bonds. The molecule has 14 heteroatoms. The van der Waals surface area contributed by atoms with E-state index in [9.17, 15) is 31.1 Å². The second-order valence-electron chi connectivity index (χ2n) is 9.65. The zero-order valence-electron chi connectivity index (χ0n) is 20.1. The highest BCUT2D eigenvalue weighted by Crippen LogP contribution is 2.48. The molecule has 2 aliphatic heterocycles. The number of thiocarbonyl (C=S) groups is 1. The molecule has 39 heavy (non-hydrogen) atoms. The van der Waals surface area contributed by atoms with Gasteiger partial charge < -0.3 is 15.0 Å². The summed E-state index contributed by atoms with van der Waals surface area (Å²) in [5, 5.41) is 11.4. The number of ether oxygens (including phenoxy) is 1. The van der Waals surface area contributed by atoms with Gasteiger partial charge in [-0.3, -0.25) is 9.69 Å². The summed E-state index contributed by atoms with van der Waals surface area (Å²) in [6.45, 7) is 0.162. The Morgan fingerprint density at radius 2 is 1.82 bits per heavy atom. The molecule has 0 bridgehead atoms. The van der Waals surface area contributed by atoms with Gasteiger partial charge in [0.25, 0.3) is 5.91 Å². The number of nitriles is 1. The fourth-order valence-corrected chi connectivity index (χ4v) is 5.66. The van der Waals surface area contributed by atoms with E-state index in [0.29, 0.717) is 43.2 Å². The molecule has 2 saturated heterocycles. The number of carbonyl (C=O) groups is 1. The first-order chi connectivity index (χ1) is 18.3. The van der Waals surface area contributed by atoms with Crippen molar-refractivity contribution >= 4 is 34.6 Å². The predicted octanol–water partition coefficient (Wildman–Crippen LogP) is 5.09. The quantitative estimate of drug-likeness (QED) is 0.406. The van der Waals surface area contributed by atoms with Gasteiger partial charge in [0.1, 0.15) is 29.5 Å². The van der Waals surface area contributed by atoms with E-state index in [1.807, 2.05) is 0 Å². The van der Waals surface area contributed by atoms with Crippen molar-refractivity contribution in [3.8, 4) is 11.8 Å². The average Bonchev–Trinajstić information content (AvgIpc) is 3.10. The number of benzene rings is 1. The molecule has 5 rings (SSSR count). The molecule has 3 heterocycles. The first-order valence-corrected chi connectivity index (χ1v) is 12.5. The number of hydrogen-bond donors (Lipinski definition) is 1. The molecular formula is C25H21F6N5O2S. The highest BCUT2D eigenvalue weighted by molar-refractivity contribution is 7.81. The van der Waals surface area contributed by atoms with E-state index in [0.717, 1.165) is 11.1 Å². The first kappa shape index (κ1) is 27.1. The van der Waals surface area contributed by atoms with Crippen molar-refractivity contribution in [3.63, 3.8) is 0 Å². The summed E-state index contributed by atoms with van der Waals surface area (Å²) in [7, 11) is 0. The number of alkyl halides is 6. The van der Waals surface area contributed by atoms with Gasteiger partial charge in [-0.05, 0) is 74.8 Å². The number of pyridine rings is 1. The number of halogens is 6. The Labute approximate surface area is 224 Å². The highest BCUT2D eigenvalue weighted by Gasteiger charge is 2.59. The molecule has 2 atom stereocenters. The normalized spacial score (nSPS) is 23.1.